The summed E-state index contributed by atoms with van der Waals surface area (Å²) in [6.45, 7) is 0.0881. The maximum Gasteiger partial charge on any atom is 0.352 e. The van der Waals surface area contributed by atoms with E-state index in [-0.39, 0.29) is 56.8 Å². The molecule has 1 fully saturated rings. The Morgan fingerprint density at radius 1 is 1.22 bits per heavy atom. The summed E-state index contributed by atoms with van der Waals surface area (Å²) in [4.78, 5) is 61.9. The first-order chi connectivity index (χ1) is 23.9. The van der Waals surface area contributed by atoms with E-state index in [0.29, 0.717) is 23.4 Å². The number of amidine groups is 1. The number of ketones is 1. The Kier molecular flexibility index (Phi) is 11.2. The van der Waals surface area contributed by atoms with Crippen molar-refractivity contribution in [3.63, 3.8) is 0 Å². The molecule has 4 heterocycles. The summed E-state index contributed by atoms with van der Waals surface area (Å²) in [5.74, 6) is -2.75. The molecular weight excluding hydrogens is 708 g/mol. The fraction of sp³-hybridized carbons (Fsp3) is 0.290. The highest BCUT2D eigenvalue weighted by molar-refractivity contribution is 8.00. The van der Waals surface area contributed by atoms with Crippen LogP contribution in [0.3, 0.4) is 0 Å². The molecule has 19 heteroatoms. The van der Waals surface area contributed by atoms with Crippen molar-refractivity contribution < 1.29 is 33.7 Å². The van der Waals surface area contributed by atoms with Crippen molar-refractivity contribution in [3.05, 3.63) is 69.6 Å². The molecule has 0 radical (unpaired) electrons. The summed E-state index contributed by atoms with van der Waals surface area (Å²) >= 11 is 8.48. The van der Waals surface area contributed by atoms with Crippen LogP contribution in [0.15, 0.2) is 59.2 Å². The number of benzene rings is 1. The van der Waals surface area contributed by atoms with Crippen LogP contribution in [0, 0.1) is 11.3 Å². The van der Waals surface area contributed by atoms with Gasteiger partial charge < -0.3 is 37.8 Å². The maximum atomic E-state index is 13.3. The van der Waals surface area contributed by atoms with Crippen molar-refractivity contribution in [3.8, 4) is 0 Å². The van der Waals surface area contributed by atoms with Crippen LogP contribution in [0.25, 0.3) is 0 Å². The van der Waals surface area contributed by atoms with E-state index in [9.17, 15) is 24.3 Å². The molecule has 16 nitrogen and oxygen atoms in total. The van der Waals surface area contributed by atoms with Crippen molar-refractivity contribution in [2.45, 2.75) is 37.6 Å². The number of anilines is 4. The number of carbonyl (C=O) groups is 4. The molecule has 3 amide bonds. The number of nitrogens with one attached hydrogen (secondary N) is 3. The number of carboxylic acid groups (broad SMARTS) is 1. The molecule has 2 aliphatic rings. The molecule has 10 N–H and O–H groups in total. The van der Waals surface area contributed by atoms with Gasteiger partial charge in [-0.15, -0.1) is 11.8 Å². The van der Waals surface area contributed by atoms with E-state index >= 15 is 0 Å². The van der Waals surface area contributed by atoms with Crippen molar-refractivity contribution in [2.75, 3.05) is 35.0 Å². The van der Waals surface area contributed by atoms with Gasteiger partial charge in [0.1, 0.15) is 28.5 Å². The number of Topliss-reactive ketones (excluding diaryl/α,β-unsaturated/α-hetero) is 1. The number of halogens is 1. The quantitative estimate of drug-likeness (QED) is 0.0415. The van der Waals surface area contributed by atoms with Crippen LogP contribution in [0.5, 0.6) is 0 Å². The first-order valence-corrected chi connectivity index (χ1v) is 17.4. The van der Waals surface area contributed by atoms with Crippen LogP contribution in [0.1, 0.15) is 30.5 Å². The van der Waals surface area contributed by atoms with Gasteiger partial charge in [-0.05, 0) is 30.5 Å². The van der Waals surface area contributed by atoms with E-state index in [0.717, 1.165) is 29.7 Å². The normalized spacial score (nSPS) is 17.1. The molecule has 262 valence electrons. The van der Waals surface area contributed by atoms with Gasteiger partial charge in [-0.25, -0.2) is 14.6 Å². The largest absolute Gasteiger partial charge is 0.477 e. The predicted octanol–water partition coefficient (Wildman–Crippen LogP) is 3.03. The van der Waals surface area contributed by atoms with Crippen LogP contribution in [-0.2, 0) is 32.2 Å². The summed E-state index contributed by atoms with van der Waals surface area (Å²) in [5, 5.41) is 26.3. The Morgan fingerprint density at radius 2 is 1.96 bits per heavy atom. The van der Waals surface area contributed by atoms with Crippen molar-refractivity contribution in [1.82, 2.24) is 9.88 Å². The van der Waals surface area contributed by atoms with Gasteiger partial charge in [-0.3, -0.25) is 19.9 Å². The highest BCUT2D eigenvalue weighted by atomic mass is 35.5. The van der Waals surface area contributed by atoms with Crippen molar-refractivity contribution in [2.24, 2.45) is 16.8 Å². The molecule has 3 aromatic rings. The van der Waals surface area contributed by atoms with Crippen molar-refractivity contribution in [1.29, 1.82) is 5.41 Å². The number of amides is 3. The van der Waals surface area contributed by atoms with E-state index in [1.165, 1.54) is 23.8 Å². The number of hydrogen-bond donors (Lipinski definition) is 7. The number of thiazole rings is 1. The van der Waals surface area contributed by atoms with Crippen LogP contribution >= 0.6 is 34.7 Å². The zero-order valence-electron chi connectivity index (χ0n) is 26.6. The minimum atomic E-state index is -1.28. The number of fused-ring (bicyclic) bond motifs is 1. The van der Waals surface area contributed by atoms with Crippen LogP contribution in [0.2, 0.25) is 4.34 Å². The second-order valence-electron chi connectivity index (χ2n) is 11.3. The predicted molar refractivity (Wildman–Crippen MR) is 191 cm³/mol. The van der Waals surface area contributed by atoms with Gasteiger partial charge in [-0.2, -0.15) is 4.57 Å². The van der Waals surface area contributed by atoms with Gasteiger partial charge in [0.25, 0.3) is 0 Å². The van der Waals surface area contributed by atoms with Crippen LogP contribution in [0.4, 0.5) is 27.0 Å². The third-order valence-electron chi connectivity index (χ3n) is 7.84. The number of β-lactam (4-membered cyclic amide) rings is 1. The first-order valence-electron chi connectivity index (χ1n) is 15.1. The lowest BCUT2D eigenvalue weighted by molar-refractivity contribution is -0.688. The number of rotatable bonds is 14. The maximum absolute atomic E-state index is 13.3. The Labute approximate surface area is 299 Å². The number of urea groups is 1. The van der Waals surface area contributed by atoms with Gasteiger partial charge in [-0.1, -0.05) is 40.2 Å². The lowest BCUT2D eigenvalue weighted by Gasteiger charge is -2.49. The smallest absolute Gasteiger partial charge is 0.352 e. The third-order valence-corrected chi connectivity index (χ3v) is 10.3. The first kappa shape index (κ1) is 36.1. The Hall–Kier alpha value is -5.20. The van der Waals surface area contributed by atoms with E-state index in [2.05, 4.69) is 20.8 Å². The van der Waals surface area contributed by atoms with E-state index in [1.807, 2.05) is 12.1 Å². The van der Waals surface area contributed by atoms with E-state index in [4.69, 9.17) is 39.0 Å². The molecule has 5 rings (SSSR count). The monoisotopic (exact) mass is 741 g/mol. The molecule has 0 unspecified atom stereocenters. The van der Waals surface area contributed by atoms with E-state index < -0.39 is 35.0 Å². The fourth-order valence-corrected chi connectivity index (χ4v) is 7.84. The highest BCUT2D eigenvalue weighted by Crippen LogP contribution is 2.45. The number of carboxylic acids is 1. The number of nitrogens with zero attached hydrogens (tertiary/aromatic N) is 4. The number of nitrogens with two attached hydrogens (primary N) is 3. The topological polar surface area (TPSA) is 256 Å². The number of aryl methyl sites for hydroxylation is 1. The standard InChI is InChI=1S/C31H33ClN10O6S2/c1-48-40-23(24-26(32)50-30(36)39-24)21(43)11-18-27(44)42-25(29(45)46)16(14-49-28(18)42)12-41-10-9-19(33)20(13-41)38-31(47)37-17-7-5-15(6-8-17)3-2-4-22(34)35/h5-10,13,18,28,33H,2-4,11-12,14H2,1H3,(H8,34,35,36,37,38,39,45,46,47)/p+1/b40-23+/t18-,28-/m1/s1. The number of oxime groups is 1. The zero-order valence-corrected chi connectivity index (χ0v) is 29.0. The SMILES string of the molecule is CO/N=C(\C(=O)C[C@@H]1C(=O)N2C(C(=O)O)=C(C[n+]3ccc(N)c(NC(=O)Nc4ccc(CCCC(=N)N)cc4)c3)CS[C@H]12)c1nc(N)sc1Cl. The summed E-state index contributed by atoms with van der Waals surface area (Å²) in [5.41, 5.74) is 19.6. The average molecular weight is 742 g/mol. The van der Waals surface area contributed by atoms with E-state index in [1.54, 1.807) is 35.2 Å². The molecule has 2 atom stereocenters. The fourth-order valence-electron chi connectivity index (χ4n) is 5.51. The summed E-state index contributed by atoms with van der Waals surface area (Å²) in [6.07, 6.45) is 4.97. The van der Waals surface area contributed by atoms with Gasteiger partial charge >= 0.3 is 12.0 Å². The van der Waals surface area contributed by atoms with Gasteiger partial charge in [0.2, 0.25) is 5.91 Å². The molecule has 0 bridgehead atoms. The molecule has 0 saturated carbocycles. The number of pyridine rings is 1. The number of aliphatic carboxylic acids is 1. The summed E-state index contributed by atoms with van der Waals surface area (Å²) in [6, 6.07) is 8.33. The number of nitrogen functional groups attached to an aromatic ring is 2. The third kappa shape index (κ3) is 8.15. The molecule has 2 aromatic heterocycles. The van der Waals surface area contributed by atoms with Crippen molar-refractivity contribution >= 4 is 92.1 Å². The highest BCUT2D eigenvalue weighted by Gasteiger charge is 2.54. The molecule has 1 saturated heterocycles. The lowest BCUT2D eigenvalue weighted by Crippen LogP contribution is -2.62. The van der Waals surface area contributed by atoms with Crippen LogP contribution in [-0.4, -0.2) is 68.5 Å². The number of aromatic nitrogens is 2. The molecule has 0 spiro atoms. The summed E-state index contributed by atoms with van der Waals surface area (Å²) < 4.78 is 1.80. The van der Waals surface area contributed by atoms with Crippen LogP contribution < -0.4 is 32.4 Å². The average Bonchev–Trinajstić information content (AvgIpc) is 3.40. The molecule has 50 heavy (non-hydrogen) atoms. The zero-order chi connectivity index (χ0) is 36.1. The van der Waals surface area contributed by atoms with Gasteiger partial charge in [0, 0.05) is 35.9 Å². The van der Waals surface area contributed by atoms with Gasteiger partial charge in [0.15, 0.2) is 35.6 Å². The number of hydrogen-bond acceptors (Lipinski definition) is 12. The Bertz CT molecular complexity index is 1920. The number of thioether (sulfide) groups is 1. The Balaban J connectivity index is 1.25. The minimum absolute atomic E-state index is 0.0495. The second-order valence-corrected chi connectivity index (χ2v) is 14.1. The Morgan fingerprint density at radius 3 is 2.60 bits per heavy atom. The number of carbonyl (C=O) groups excluding carboxylic acids is 3. The molecule has 1 aromatic carbocycles. The molecule has 2 aliphatic heterocycles. The van der Waals surface area contributed by atoms with Gasteiger partial charge in [0.05, 0.1) is 22.8 Å². The lowest BCUT2D eigenvalue weighted by atomic mass is 9.89. The second kappa shape index (κ2) is 15.6. The molecular formula is C31H34ClN10O6S2+. The minimum Gasteiger partial charge on any atom is -0.477 e. The summed E-state index contributed by atoms with van der Waals surface area (Å²) in [7, 11) is 1.25. The molecule has 0 aliphatic carbocycles.